The van der Waals surface area contributed by atoms with Gasteiger partial charge in [0.2, 0.25) is 0 Å². The third-order valence-electron chi connectivity index (χ3n) is 3.42. The number of unbranched alkanes of at least 4 members (excludes halogenated alkanes) is 1. The van der Waals surface area contributed by atoms with Crippen molar-refractivity contribution in [3.63, 3.8) is 0 Å². The van der Waals surface area contributed by atoms with Crippen LogP contribution in [0.15, 0.2) is 18.2 Å². The lowest BCUT2D eigenvalue weighted by molar-refractivity contribution is 0.453. The average Bonchev–Trinajstić information content (AvgIpc) is 2.29. The van der Waals surface area contributed by atoms with E-state index in [0.717, 1.165) is 18.7 Å². The van der Waals surface area contributed by atoms with Gasteiger partial charge in [-0.1, -0.05) is 19.4 Å². The van der Waals surface area contributed by atoms with Crippen LogP contribution >= 0.6 is 0 Å². The van der Waals surface area contributed by atoms with Crippen molar-refractivity contribution in [1.82, 2.24) is 5.32 Å². The molecule has 2 nitrogen and oxygen atoms in total. The molecule has 3 N–H and O–H groups in total. The maximum Gasteiger partial charge on any atom is 0.0316 e. The van der Waals surface area contributed by atoms with Crippen LogP contribution in [0.1, 0.15) is 37.3 Å². The minimum atomic E-state index is 0.654. The first-order valence-electron chi connectivity index (χ1n) is 6.40. The lowest BCUT2D eigenvalue weighted by atomic mass is 9.88. The quantitative estimate of drug-likeness (QED) is 0.602. The molecule has 0 amide bonds. The highest BCUT2D eigenvalue weighted by molar-refractivity contribution is 5.46. The monoisotopic (exact) mass is 218 g/mol. The van der Waals surface area contributed by atoms with Crippen molar-refractivity contribution in [3.8, 4) is 0 Å². The normalized spacial score (nSPS) is 19.4. The molecule has 1 aromatic carbocycles. The second kappa shape index (κ2) is 5.35. The van der Waals surface area contributed by atoms with Crippen LogP contribution in [-0.2, 0) is 12.8 Å². The van der Waals surface area contributed by atoms with Crippen LogP contribution in [0.2, 0.25) is 0 Å². The number of anilines is 1. The molecule has 0 heterocycles. The molecule has 0 saturated heterocycles. The van der Waals surface area contributed by atoms with Gasteiger partial charge in [-0.15, -0.1) is 0 Å². The molecule has 0 saturated carbocycles. The van der Waals surface area contributed by atoms with Gasteiger partial charge in [-0.25, -0.2) is 0 Å². The molecule has 0 bridgehead atoms. The van der Waals surface area contributed by atoms with Gasteiger partial charge in [0, 0.05) is 11.7 Å². The number of nitrogens with two attached hydrogens (primary N) is 1. The van der Waals surface area contributed by atoms with Crippen LogP contribution in [0.25, 0.3) is 0 Å². The second-order valence-corrected chi connectivity index (χ2v) is 4.78. The Balaban J connectivity index is 1.94. The topological polar surface area (TPSA) is 38.0 Å². The van der Waals surface area contributed by atoms with E-state index in [1.165, 1.54) is 36.8 Å². The van der Waals surface area contributed by atoms with Crippen LogP contribution in [0.5, 0.6) is 0 Å². The Morgan fingerprint density at radius 1 is 1.38 bits per heavy atom. The van der Waals surface area contributed by atoms with Gasteiger partial charge >= 0.3 is 0 Å². The number of rotatable bonds is 4. The Morgan fingerprint density at radius 3 is 3.06 bits per heavy atom. The number of nitrogen functional groups attached to an aromatic ring is 1. The summed E-state index contributed by atoms with van der Waals surface area (Å²) in [6, 6.07) is 7.00. The van der Waals surface area contributed by atoms with Gasteiger partial charge in [-0.2, -0.15) is 0 Å². The summed E-state index contributed by atoms with van der Waals surface area (Å²) >= 11 is 0. The minimum absolute atomic E-state index is 0.654. The zero-order valence-electron chi connectivity index (χ0n) is 10.1. The summed E-state index contributed by atoms with van der Waals surface area (Å²) in [5.41, 5.74) is 9.66. The predicted molar refractivity (Wildman–Crippen MR) is 69.6 cm³/mol. The van der Waals surface area contributed by atoms with E-state index in [1.54, 1.807) is 0 Å². The van der Waals surface area contributed by atoms with Gasteiger partial charge < -0.3 is 11.1 Å². The maximum absolute atomic E-state index is 5.83. The number of hydrogen-bond donors (Lipinski definition) is 2. The van der Waals surface area contributed by atoms with E-state index < -0.39 is 0 Å². The van der Waals surface area contributed by atoms with Crippen LogP contribution in [0, 0.1) is 0 Å². The Bertz CT molecular complexity index is 347. The molecule has 88 valence electrons. The summed E-state index contributed by atoms with van der Waals surface area (Å²) < 4.78 is 0. The average molecular weight is 218 g/mol. The molecule has 2 rings (SSSR count). The highest BCUT2D eigenvalue weighted by atomic mass is 14.9. The first-order chi connectivity index (χ1) is 7.79. The van der Waals surface area contributed by atoms with Crippen molar-refractivity contribution in [2.24, 2.45) is 0 Å². The Hall–Kier alpha value is -1.02. The van der Waals surface area contributed by atoms with Crippen LogP contribution in [0.3, 0.4) is 0 Å². The fourth-order valence-electron chi connectivity index (χ4n) is 2.43. The maximum atomic E-state index is 5.83. The van der Waals surface area contributed by atoms with Gasteiger partial charge in [-0.05, 0) is 55.5 Å². The molecular formula is C14H22N2. The molecule has 1 aliphatic rings. The molecular weight excluding hydrogens is 196 g/mol. The molecule has 1 aliphatic carbocycles. The van der Waals surface area contributed by atoms with Gasteiger partial charge in [-0.3, -0.25) is 0 Å². The smallest absolute Gasteiger partial charge is 0.0316 e. The third kappa shape index (κ3) is 2.76. The highest BCUT2D eigenvalue weighted by Crippen LogP contribution is 2.23. The standard InChI is InChI=1S/C14H22N2/c1-2-3-8-16-14-7-5-11-4-6-13(15)9-12(11)10-14/h4,6,9,14,16H,2-3,5,7-8,10,15H2,1H3. The van der Waals surface area contributed by atoms with Crippen LogP contribution in [0.4, 0.5) is 5.69 Å². The molecule has 2 heteroatoms. The van der Waals surface area contributed by atoms with Gasteiger partial charge in [0.25, 0.3) is 0 Å². The van der Waals surface area contributed by atoms with E-state index >= 15 is 0 Å². The summed E-state index contributed by atoms with van der Waals surface area (Å²) in [4.78, 5) is 0. The first-order valence-corrected chi connectivity index (χ1v) is 6.40. The molecule has 1 aromatic rings. The van der Waals surface area contributed by atoms with Crippen molar-refractivity contribution in [2.75, 3.05) is 12.3 Å². The molecule has 0 spiro atoms. The van der Waals surface area contributed by atoms with E-state index in [9.17, 15) is 0 Å². The van der Waals surface area contributed by atoms with Crippen LogP contribution < -0.4 is 11.1 Å². The number of nitrogens with one attached hydrogen (secondary N) is 1. The van der Waals surface area contributed by atoms with E-state index in [2.05, 4.69) is 24.4 Å². The van der Waals surface area contributed by atoms with Crippen molar-refractivity contribution in [1.29, 1.82) is 0 Å². The number of aryl methyl sites for hydroxylation is 1. The SMILES string of the molecule is CCCCNC1CCc2ccc(N)cc2C1. The molecule has 1 unspecified atom stereocenters. The van der Waals surface area contributed by atoms with Gasteiger partial charge in [0.1, 0.15) is 0 Å². The summed E-state index contributed by atoms with van der Waals surface area (Å²) in [7, 11) is 0. The Labute approximate surface area is 98.2 Å². The fraction of sp³-hybridized carbons (Fsp3) is 0.571. The second-order valence-electron chi connectivity index (χ2n) is 4.78. The predicted octanol–water partition coefficient (Wildman–Crippen LogP) is 2.52. The van der Waals surface area contributed by atoms with E-state index in [4.69, 9.17) is 5.73 Å². The lowest BCUT2D eigenvalue weighted by Gasteiger charge is -2.25. The van der Waals surface area contributed by atoms with Crippen molar-refractivity contribution >= 4 is 5.69 Å². The van der Waals surface area contributed by atoms with E-state index in [0.29, 0.717) is 6.04 Å². The first kappa shape index (κ1) is 11.5. The van der Waals surface area contributed by atoms with E-state index in [1.807, 2.05) is 6.07 Å². The number of hydrogen-bond acceptors (Lipinski definition) is 2. The van der Waals surface area contributed by atoms with E-state index in [-0.39, 0.29) is 0 Å². The summed E-state index contributed by atoms with van der Waals surface area (Å²) in [6.07, 6.45) is 6.15. The minimum Gasteiger partial charge on any atom is -0.399 e. The van der Waals surface area contributed by atoms with Crippen LogP contribution in [-0.4, -0.2) is 12.6 Å². The van der Waals surface area contributed by atoms with Crippen molar-refractivity contribution in [3.05, 3.63) is 29.3 Å². The van der Waals surface area contributed by atoms with Gasteiger partial charge in [0.15, 0.2) is 0 Å². The third-order valence-corrected chi connectivity index (χ3v) is 3.42. The molecule has 16 heavy (non-hydrogen) atoms. The summed E-state index contributed by atoms with van der Waals surface area (Å²) in [5, 5.41) is 3.64. The highest BCUT2D eigenvalue weighted by Gasteiger charge is 2.17. The molecule has 0 fully saturated rings. The number of fused-ring (bicyclic) bond motifs is 1. The Kier molecular flexibility index (Phi) is 3.83. The molecule has 0 aliphatic heterocycles. The molecule has 1 atom stereocenters. The summed E-state index contributed by atoms with van der Waals surface area (Å²) in [6.45, 7) is 3.39. The zero-order chi connectivity index (χ0) is 11.4. The summed E-state index contributed by atoms with van der Waals surface area (Å²) in [5.74, 6) is 0. The largest absolute Gasteiger partial charge is 0.399 e. The molecule has 0 radical (unpaired) electrons. The molecule has 0 aromatic heterocycles. The Morgan fingerprint density at radius 2 is 2.25 bits per heavy atom. The fourth-order valence-corrected chi connectivity index (χ4v) is 2.43. The van der Waals surface area contributed by atoms with Crippen molar-refractivity contribution in [2.45, 2.75) is 45.1 Å². The number of benzene rings is 1. The lowest BCUT2D eigenvalue weighted by Crippen LogP contribution is -2.35. The van der Waals surface area contributed by atoms with Crippen molar-refractivity contribution < 1.29 is 0 Å². The zero-order valence-corrected chi connectivity index (χ0v) is 10.1. The van der Waals surface area contributed by atoms with Gasteiger partial charge in [0.05, 0.1) is 0 Å².